The van der Waals surface area contributed by atoms with Crippen molar-refractivity contribution in [2.24, 2.45) is 0 Å². The minimum absolute atomic E-state index is 0.0713. The number of halogens is 2. The zero-order valence-electron chi connectivity index (χ0n) is 11.3. The Labute approximate surface area is 133 Å². The molecule has 0 spiro atoms. The van der Waals surface area contributed by atoms with Crippen molar-refractivity contribution >= 4 is 37.2 Å². The Morgan fingerprint density at radius 3 is 2.43 bits per heavy atom. The predicted octanol–water partition coefficient (Wildman–Crippen LogP) is 3.56. The van der Waals surface area contributed by atoms with Gasteiger partial charge in [0.2, 0.25) is 0 Å². The SMILES string of the molecule is O=C1c2cc(S(=O)(=O)Cl)c(Cl)cc2CN1C1CCCCC1. The summed E-state index contributed by atoms with van der Waals surface area (Å²) in [5, 5.41) is 0.0713. The van der Waals surface area contributed by atoms with E-state index in [1.54, 1.807) is 6.07 Å². The fourth-order valence-electron chi connectivity index (χ4n) is 3.21. The lowest BCUT2D eigenvalue weighted by Crippen LogP contribution is -2.36. The molecule has 1 saturated carbocycles. The van der Waals surface area contributed by atoms with Crippen LogP contribution in [0.3, 0.4) is 0 Å². The fraction of sp³-hybridized carbons (Fsp3) is 0.500. The lowest BCUT2D eigenvalue weighted by atomic mass is 9.94. The molecule has 0 N–H and O–H groups in total. The van der Waals surface area contributed by atoms with Crippen LogP contribution in [0.15, 0.2) is 17.0 Å². The molecule has 0 atom stereocenters. The summed E-state index contributed by atoms with van der Waals surface area (Å²) in [5.74, 6) is -0.116. The average Bonchev–Trinajstić information content (AvgIpc) is 2.74. The normalized spacial score (nSPS) is 19.9. The van der Waals surface area contributed by atoms with Crippen molar-refractivity contribution in [2.75, 3.05) is 0 Å². The maximum Gasteiger partial charge on any atom is 0.262 e. The van der Waals surface area contributed by atoms with Crippen molar-refractivity contribution in [1.82, 2.24) is 4.90 Å². The molecule has 1 aliphatic heterocycles. The first-order chi connectivity index (χ1) is 9.88. The number of benzene rings is 1. The van der Waals surface area contributed by atoms with Gasteiger partial charge in [0.25, 0.3) is 15.0 Å². The Hall–Kier alpha value is -0.780. The summed E-state index contributed by atoms with van der Waals surface area (Å²) in [6.45, 7) is 0.501. The van der Waals surface area contributed by atoms with Crippen LogP contribution in [0.5, 0.6) is 0 Å². The standard InChI is InChI=1S/C14H15Cl2NO3S/c15-12-6-9-8-17(10-4-2-1-3-5-10)14(18)11(9)7-13(12)21(16,19)20/h6-7,10H,1-5,8H2. The van der Waals surface area contributed by atoms with Gasteiger partial charge < -0.3 is 4.90 Å². The lowest BCUT2D eigenvalue weighted by Gasteiger charge is -2.30. The molecule has 0 saturated heterocycles. The zero-order chi connectivity index (χ0) is 15.2. The molecule has 2 aliphatic rings. The van der Waals surface area contributed by atoms with Crippen LogP contribution in [0.4, 0.5) is 0 Å². The van der Waals surface area contributed by atoms with E-state index in [2.05, 4.69) is 0 Å². The van der Waals surface area contributed by atoms with Crippen molar-refractivity contribution < 1.29 is 13.2 Å². The van der Waals surface area contributed by atoms with Crippen molar-refractivity contribution in [2.45, 2.75) is 49.6 Å². The maximum atomic E-state index is 12.5. The first-order valence-electron chi connectivity index (χ1n) is 6.96. The summed E-state index contributed by atoms with van der Waals surface area (Å²) < 4.78 is 23.0. The topological polar surface area (TPSA) is 54.5 Å². The maximum absolute atomic E-state index is 12.5. The molecule has 1 aliphatic carbocycles. The van der Waals surface area contributed by atoms with Gasteiger partial charge in [-0.1, -0.05) is 30.9 Å². The summed E-state index contributed by atoms with van der Waals surface area (Å²) in [7, 11) is 1.41. The van der Waals surface area contributed by atoms with E-state index in [-0.39, 0.29) is 21.9 Å². The second-order valence-corrected chi connectivity index (χ2v) is 8.54. The van der Waals surface area contributed by atoms with Crippen LogP contribution in [-0.4, -0.2) is 25.3 Å². The highest BCUT2D eigenvalue weighted by Gasteiger charge is 2.35. The first kappa shape index (κ1) is 15.1. The van der Waals surface area contributed by atoms with Crippen LogP contribution < -0.4 is 0 Å². The third-order valence-corrected chi connectivity index (χ3v) is 6.05. The predicted molar refractivity (Wildman–Crippen MR) is 81.2 cm³/mol. The molecular formula is C14H15Cl2NO3S. The highest BCUT2D eigenvalue weighted by molar-refractivity contribution is 8.13. The van der Waals surface area contributed by atoms with Gasteiger partial charge in [0.15, 0.2) is 0 Å². The number of amides is 1. The van der Waals surface area contributed by atoms with Gasteiger partial charge in [0.05, 0.1) is 5.02 Å². The molecule has 7 heteroatoms. The Morgan fingerprint density at radius 1 is 1.14 bits per heavy atom. The molecule has 3 rings (SSSR count). The van der Waals surface area contributed by atoms with Gasteiger partial charge in [-0.25, -0.2) is 8.42 Å². The number of carbonyl (C=O) groups is 1. The zero-order valence-corrected chi connectivity index (χ0v) is 13.6. The van der Waals surface area contributed by atoms with Crippen molar-refractivity contribution in [3.05, 3.63) is 28.3 Å². The summed E-state index contributed by atoms with van der Waals surface area (Å²) in [5.41, 5.74) is 1.18. The Kier molecular flexibility index (Phi) is 3.93. The minimum atomic E-state index is -3.95. The largest absolute Gasteiger partial charge is 0.331 e. The Morgan fingerprint density at radius 2 is 1.81 bits per heavy atom. The molecule has 21 heavy (non-hydrogen) atoms. The molecule has 1 heterocycles. The van der Waals surface area contributed by atoms with Crippen molar-refractivity contribution in [3.8, 4) is 0 Å². The molecule has 1 aromatic rings. The average molecular weight is 348 g/mol. The van der Waals surface area contributed by atoms with Gasteiger partial charge in [-0.05, 0) is 30.5 Å². The quantitative estimate of drug-likeness (QED) is 0.768. The molecule has 0 bridgehead atoms. The number of hydrogen-bond donors (Lipinski definition) is 0. The van der Waals surface area contributed by atoms with Gasteiger partial charge in [0, 0.05) is 28.8 Å². The van der Waals surface area contributed by atoms with Crippen LogP contribution in [0.25, 0.3) is 0 Å². The van der Waals surface area contributed by atoms with Crippen molar-refractivity contribution in [1.29, 1.82) is 0 Å². The summed E-state index contributed by atoms with van der Waals surface area (Å²) in [4.78, 5) is 14.2. The van der Waals surface area contributed by atoms with Crippen LogP contribution >= 0.6 is 22.3 Å². The fourth-order valence-corrected chi connectivity index (χ4v) is 4.75. The van der Waals surface area contributed by atoms with E-state index in [1.165, 1.54) is 12.5 Å². The minimum Gasteiger partial charge on any atom is -0.331 e. The van der Waals surface area contributed by atoms with Crippen LogP contribution in [0, 0.1) is 0 Å². The second-order valence-electron chi connectivity index (χ2n) is 5.60. The number of hydrogen-bond acceptors (Lipinski definition) is 3. The molecule has 0 unspecified atom stereocenters. The molecule has 1 fully saturated rings. The second kappa shape index (κ2) is 5.45. The molecule has 0 aromatic heterocycles. The van der Waals surface area contributed by atoms with E-state index < -0.39 is 9.05 Å². The van der Waals surface area contributed by atoms with Crippen LogP contribution in [-0.2, 0) is 15.6 Å². The number of nitrogens with zero attached hydrogens (tertiary/aromatic N) is 1. The summed E-state index contributed by atoms with van der Waals surface area (Å²) >= 11 is 5.98. The molecular weight excluding hydrogens is 333 g/mol. The highest BCUT2D eigenvalue weighted by Crippen LogP contribution is 2.35. The molecule has 0 radical (unpaired) electrons. The van der Waals surface area contributed by atoms with Crippen molar-refractivity contribution in [3.63, 3.8) is 0 Å². The van der Waals surface area contributed by atoms with Crippen LogP contribution in [0.1, 0.15) is 48.0 Å². The lowest BCUT2D eigenvalue weighted by molar-refractivity contribution is 0.0660. The number of rotatable bonds is 2. The van der Waals surface area contributed by atoms with E-state index in [0.29, 0.717) is 12.1 Å². The number of carbonyl (C=O) groups excluding carboxylic acids is 1. The van der Waals surface area contributed by atoms with E-state index in [1.807, 2.05) is 4.90 Å². The third-order valence-electron chi connectivity index (χ3n) is 4.27. The van der Waals surface area contributed by atoms with Gasteiger partial charge in [0.1, 0.15) is 4.90 Å². The molecule has 114 valence electrons. The third kappa shape index (κ3) is 2.79. The van der Waals surface area contributed by atoms with Gasteiger partial charge in [-0.3, -0.25) is 4.79 Å². The highest BCUT2D eigenvalue weighted by atomic mass is 35.7. The van der Waals surface area contributed by atoms with E-state index in [4.69, 9.17) is 22.3 Å². The van der Waals surface area contributed by atoms with E-state index in [9.17, 15) is 13.2 Å². The van der Waals surface area contributed by atoms with Gasteiger partial charge in [-0.2, -0.15) is 0 Å². The van der Waals surface area contributed by atoms with E-state index >= 15 is 0 Å². The first-order valence-corrected chi connectivity index (χ1v) is 9.64. The molecule has 4 nitrogen and oxygen atoms in total. The summed E-state index contributed by atoms with van der Waals surface area (Å²) in [6.07, 6.45) is 5.49. The van der Waals surface area contributed by atoms with E-state index in [0.717, 1.165) is 31.2 Å². The Balaban J connectivity index is 1.96. The Bertz CT molecular complexity index is 696. The van der Waals surface area contributed by atoms with Gasteiger partial charge >= 0.3 is 0 Å². The monoisotopic (exact) mass is 347 g/mol. The molecule has 1 aromatic carbocycles. The smallest absolute Gasteiger partial charge is 0.262 e. The number of fused-ring (bicyclic) bond motifs is 1. The molecule has 1 amide bonds. The van der Waals surface area contributed by atoms with Gasteiger partial charge in [-0.15, -0.1) is 0 Å². The van der Waals surface area contributed by atoms with Crippen LogP contribution in [0.2, 0.25) is 5.02 Å². The summed E-state index contributed by atoms with van der Waals surface area (Å²) in [6, 6.07) is 3.10.